The Morgan fingerprint density at radius 2 is 1.74 bits per heavy atom. The lowest BCUT2D eigenvalue weighted by Crippen LogP contribution is -2.28. The summed E-state index contributed by atoms with van der Waals surface area (Å²) in [5, 5.41) is 2.20. The molecule has 42 heavy (non-hydrogen) atoms. The SMILES string of the molecule is COCO[C@@H](COC(=O)Nc1ccc(S(=O)(=O)C2CC2)c(CN(C)C(=O)OCc2ccccc2)c1)c1ccc(Br)cc1. The number of amides is 2. The largest absolute Gasteiger partial charge is 0.446 e. The van der Waals surface area contributed by atoms with Gasteiger partial charge in [-0.2, -0.15) is 0 Å². The molecule has 0 spiro atoms. The molecule has 0 saturated heterocycles. The van der Waals surface area contributed by atoms with Crippen LogP contribution in [0.25, 0.3) is 0 Å². The molecule has 1 N–H and O–H groups in total. The molecule has 0 unspecified atom stereocenters. The molecule has 0 radical (unpaired) electrons. The summed E-state index contributed by atoms with van der Waals surface area (Å²) in [7, 11) is -0.564. The second-order valence-electron chi connectivity index (χ2n) is 9.80. The number of benzene rings is 3. The molecule has 0 bridgehead atoms. The average molecular weight is 662 g/mol. The molecule has 0 heterocycles. The number of hydrogen-bond donors (Lipinski definition) is 1. The molecule has 0 aromatic heterocycles. The molecule has 1 aliphatic carbocycles. The third-order valence-corrected chi connectivity index (χ3v) is 9.38. The van der Waals surface area contributed by atoms with Crippen LogP contribution in [-0.2, 0) is 41.9 Å². The van der Waals surface area contributed by atoms with Crippen molar-refractivity contribution >= 4 is 43.6 Å². The van der Waals surface area contributed by atoms with E-state index in [0.29, 0.717) is 24.1 Å². The van der Waals surface area contributed by atoms with Crippen LogP contribution in [0.2, 0.25) is 0 Å². The van der Waals surface area contributed by atoms with Crippen molar-refractivity contribution in [3.8, 4) is 0 Å². The molecule has 3 aromatic rings. The number of nitrogens with one attached hydrogen (secondary N) is 1. The summed E-state index contributed by atoms with van der Waals surface area (Å²) >= 11 is 3.39. The summed E-state index contributed by atoms with van der Waals surface area (Å²) in [6.45, 7) is -0.0445. The number of methoxy groups -OCH3 is 1. The van der Waals surface area contributed by atoms with E-state index >= 15 is 0 Å². The molecule has 10 nitrogen and oxygen atoms in total. The summed E-state index contributed by atoms with van der Waals surface area (Å²) in [5.74, 6) is 0. The van der Waals surface area contributed by atoms with Crippen LogP contribution in [0, 0.1) is 0 Å². The first-order valence-corrected chi connectivity index (χ1v) is 15.6. The van der Waals surface area contributed by atoms with E-state index in [4.69, 9.17) is 18.9 Å². The lowest BCUT2D eigenvalue weighted by Gasteiger charge is -2.20. The number of hydrogen-bond acceptors (Lipinski definition) is 8. The second kappa shape index (κ2) is 14.6. The second-order valence-corrected chi connectivity index (χ2v) is 12.9. The normalized spacial score (nSPS) is 13.7. The summed E-state index contributed by atoms with van der Waals surface area (Å²) in [5.41, 5.74) is 2.29. The maximum Gasteiger partial charge on any atom is 0.411 e. The lowest BCUT2D eigenvalue weighted by molar-refractivity contribution is -0.0893. The highest BCUT2D eigenvalue weighted by Gasteiger charge is 2.38. The van der Waals surface area contributed by atoms with Gasteiger partial charge in [-0.25, -0.2) is 18.0 Å². The Morgan fingerprint density at radius 1 is 1.02 bits per heavy atom. The van der Waals surface area contributed by atoms with E-state index in [-0.39, 0.29) is 31.4 Å². The Morgan fingerprint density at radius 3 is 2.40 bits per heavy atom. The molecule has 224 valence electrons. The molecular formula is C30H33BrN2O8S. The van der Waals surface area contributed by atoms with Crippen molar-refractivity contribution in [2.45, 2.75) is 42.2 Å². The first kappa shape index (κ1) is 31.5. The molecule has 4 rings (SSSR count). The molecule has 12 heteroatoms. The summed E-state index contributed by atoms with van der Waals surface area (Å²) in [6, 6.07) is 21.1. The number of sulfone groups is 1. The van der Waals surface area contributed by atoms with Crippen LogP contribution in [0.3, 0.4) is 0 Å². The number of anilines is 1. The van der Waals surface area contributed by atoms with Crippen LogP contribution in [0.4, 0.5) is 15.3 Å². The van der Waals surface area contributed by atoms with Gasteiger partial charge in [0.05, 0.1) is 16.7 Å². The predicted octanol–water partition coefficient (Wildman–Crippen LogP) is 6.06. The number of nitrogens with zero attached hydrogens (tertiary/aromatic N) is 1. The minimum absolute atomic E-state index is 0.00724. The number of ether oxygens (including phenoxy) is 4. The van der Waals surface area contributed by atoms with Gasteiger partial charge in [-0.3, -0.25) is 5.32 Å². The van der Waals surface area contributed by atoms with Crippen LogP contribution < -0.4 is 5.32 Å². The van der Waals surface area contributed by atoms with Crippen molar-refractivity contribution in [1.29, 1.82) is 0 Å². The number of carbonyl (C=O) groups is 2. The molecule has 1 aliphatic rings. The van der Waals surface area contributed by atoms with E-state index in [1.807, 2.05) is 54.6 Å². The molecule has 1 fully saturated rings. The molecule has 0 aliphatic heterocycles. The van der Waals surface area contributed by atoms with E-state index in [2.05, 4.69) is 21.2 Å². The van der Waals surface area contributed by atoms with Crippen LogP contribution in [0.5, 0.6) is 0 Å². The molecule has 3 aromatic carbocycles. The van der Waals surface area contributed by atoms with Crippen molar-refractivity contribution in [3.63, 3.8) is 0 Å². The van der Waals surface area contributed by atoms with E-state index in [0.717, 1.165) is 15.6 Å². The van der Waals surface area contributed by atoms with Crippen molar-refractivity contribution in [3.05, 3.63) is 94.0 Å². The van der Waals surface area contributed by atoms with Gasteiger partial charge in [0.1, 0.15) is 26.1 Å². The highest BCUT2D eigenvalue weighted by atomic mass is 79.9. The van der Waals surface area contributed by atoms with Crippen LogP contribution in [0.1, 0.15) is 35.6 Å². The topological polar surface area (TPSA) is 120 Å². The minimum Gasteiger partial charge on any atom is -0.446 e. The van der Waals surface area contributed by atoms with E-state index < -0.39 is 33.4 Å². The van der Waals surface area contributed by atoms with E-state index in [1.54, 1.807) is 0 Å². The first-order chi connectivity index (χ1) is 20.2. The Bertz CT molecular complexity index is 1460. The quantitative estimate of drug-likeness (QED) is 0.220. The van der Waals surface area contributed by atoms with Crippen LogP contribution >= 0.6 is 15.9 Å². The summed E-state index contributed by atoms with van der Waals surface area (Å²) < 4.78 is 48.7. The summed E-state index contributed by atoms with van der Waals surface area (Å²) in [6.07, 6.45) is -0.749. The van der Waals surface area contributed by atoms with Gasteiger partial charge in [0, 0.05) is 24.3 Å². The number of rotatable bonds is 13. The van der Waals surface area contributed by atoms with Gasteiger partial charge in [-0.1, -0.05) is 58.4 Å². The third kappa shape index (κ3) is 8.78. The van der Waals surface area contributed by atoms with Crippen molar-refractivity contribution in [2.24, 2.45) is 0 Å². The Hall–Kier alpha value is -3.45. The summed E-state index contributed by atoms with van der Waals surface area (Å²) in [4.78, 5) is 26.8. The molecule has 1 saturated carbocycles. The Balaban J connectivity index is 1.44. The van der Waals surface area contributed by atoms with Gasteiger partial charge in [0.15, 0.2) is 9.84 Å². The monoisotopic (exact) mass is 660 g/mol. The van der Waals surface area contributed by atoms with Gasteiger partial charge >= 0.3 is 12.2 Å². The first-order valence-electron chi connectivity index (χ1n) is 13.3. The smallest absolute Gasteiger partial charge is 0.411 e. The van der Waals surface area contributed by atoms with Crippen molar-refractivity contribution in [2.75, 3.05) is 32.9 Å². The standard InChI is InChI=1S/C30H33BrN2O8S/c1-33(30(35)40-18-21-6-4-3-5-7-21)17-23-16-25(12-15-28(23)42(36,37)26-13-14-26)32-29(34)39-19-27(41-20-38-2)22-8-10-24(31)11-9-22/h3-12,15-16,26-27H,13-14,17-20H2,1-2H3,(H,32,34)/t27-/m0/s1. The highest BCUT2D eigenvalue weighted by molar-refractivity contribution is 9.10. The van der Waals surface area contributed by atoms with E-state index in [9.17, 15) is 18.0 Å². The molecule has 1 atom stereocenters. The van der Waals surface area contributed by atoms with Gasteiger partial charge in [-0.15, -0.1) is 0 Å². The van der Waals surface area contributed by atoms with Crippen LogP contribution in [0.15, 0.2) is 82.2 Å². The zero-order chi connectivity index (χ0) is 30.1. The zero-order valence-corrected chi connectivity index (χ0v) is 25.7. The lowest BCUT2D eigenvalue weighted by atomic mass is 10.1. The van der Waals surface area contributed by atoms with Crippen LogP contribution in [-0.4, -0.2) is 58.3 Å². The zero-order valence-electron chi connectivity index (χ0n) is 23.3. The van der Waals surface area contributed by atoms with E-state index in [1.165, 1.54) is 37.3 Å². The highest BCUT2D eigenvalue weighted by Crippen LogP contribution is 2.36. The Kier molecular flexibility index (Phi) is 11.0. The van der Waals surface area contributed by atoms with Gasteiger partial charge in [0.2, 0.25) is 0 Å². The van der Waals surface area contributed by atoms with Crippen molar-refractivity contribution < 1.29 is 37.0 Å². The van der Waals surface area contributed by atoms with Gasteiger partial charge < -0.3 is 23.8 Å². The van der Waals surface area contributed by atoms with Gasteiger partial charge in [0.25, 0.3) is 0 Å². The van der Waals surface area contributed by atoms with Gasteiger partial charge in [-0.05, 0) is 59.9 Å². The molecule has 2 amide bonds. The predicted molar refractivity (Wildman–Crippen MR) is 160 cm³/mol. The average Bonchev–Trinajstić information content (AvgIpc) is 3.84. The Labute approximate surface area is 253 Å². The molecular weight excluding hydrogens is 628 g/mol. The fraction of sp³-hybridized carbons (Fsp3) is 0.333. The maximum atomic E-state index is 13.2. The number of carbonyl (C=O) groups excluding carboxylic acids is 2. The fourth-order valence-electron chi connectivity index (χ4n) is 4.14. The fourth-order valence-corrected chi connectivity index (χ4v) is 6.27. The maximum absolute atomic E-state index is 13.2. The number of halogens is 1. The third-order valence-electron chi connectivity index (χ3n) is 6.50. The van der Waals surface area contributed by atoms with Crippen molar-refractivity contribution in [1.82, 2.24) is 4.90 Å². The minimum atomic E-state index is -3.59.